The second-order valence-electron chi connectivity index (χ2n) is 7.24. The molecule has 1 aliphatic carbocycles. The lowest BCUT2D eigenvalue weighted by molar-refractivity contribution is 0.178. The van der Waals surface area contributed by atoms with E-state index >= 15 is 0 Å². The topological polar surface area (TPSA) is 57.8 Å². The summed E-state index contributed by atoms with van der Waals surface area (Å²) in [5.41, 5.74) is 3.06. The van der Waals surface area contributed by atoms with Crippen LogP contribution in [0.4, 0.5) is 10.5 Å². The van der Waals surface area contributed by atoms with Gasteiger partial charge in [0.05, 0.1) is 13.1 Å². The molecule has 1 aliphatic heterocycles. The molecular formula is C22H25N3O2. The number of aryl methyl sites for hydroxylation is 1. The quantitative estimate of drug-likeness (QED) is 0.810. The van der Waals surface area contributed by atoms with Gasteiger partial charge < -0.3 is 14.6 Å². The summed E-state index contributed by atoms with van der Waals surface area (Å²) < 4.78 is 5.71. The van der Waals surface area contributed by atoms with Gasteiger partial charge in [0, 0.05) is 17.9 Å². The van der Waals surface area contributed by atoms with Crippen molar-refractivity contribution in [1.29, 1.82) is 0 Å². The van der Waals surface area contributed by atoms with E-state index in [0.29, 0.717) is 6.54 Å². The number of nitrogens with zero attached hydrogens (tertiary/aromatic N) is 2. The maximum Gasteiger partial charge on any atom is 0.322 e. The minimum Gasteiger partial charge on any atom is -0.464 e. The van der Waals surface area contributed by atoms with Crippen LogP contribution in [-0.4, -0.2) is 29.7 Å². The van der Waals surface area contributed by atoms with E-state index in [-0.39, 0.29) is 12.1 Å². The molecule has 2 aromatic rings. The zero-order valence-electron chi connectivity index (χ0n) is 15.6. The van der Waals surface area contributed by atoms with Gasteiger partial charge >= 0.3 is 6.03 Å². The Hall–Kier alpha value is -2.82. The lowest BCUT2D eigenvalue weighted by atomic mass is 10.1. The molecule has 2 amide bonds. The highest BCUT2D eigenvalue weighted by Gasteiger charge is 2.27. The van der Waals surface area contributed by atoms with E-state index < -0.39 is 0 Å². The van der Waals surface area contributed by atoms with Crippen molar-refractivity contribution in [3.05, 3.63) is 59.6 Å². The number of hydrogen-bond acceptors (Lipinski definition) is 3. The second-order valence-corrected chi connectivity index (χ2v) is 7.24. The Morgan fingerprint density at radius 1 is 1.19 bits per heavy atom. The van der Waals surface area contributed by atoms with Gasteiger partial charge in [0.15, 0.2) is 0 Å². The van der Waals surface area contributed by atoms with E-state index in [9.17, 15) is 4.79 Å². The Balaban J connectivity index is 1.46. The minimum atomic E-state index is -0.0645. The third-order valence-electron chi connectivity index (χ3n) is 5.27. The summed E-state index contributed by atoms with van der Waals surface area (Å²) in [4.78, 5) is 19.1. The van der Waals surface area contributed by atoms with Crippen LogP contribution >= 0.6 is 0 Å². The van der Waals surface area contributed by atoms with Gasteiger partial charge in [0.25, 0.3) is 0 Å². The fraction of sp³-hybridized carbons (Fsp3) is 0.364. The third-order valence-corrected chi connectivity index (χ3v) is 5.27. The average molecular weight is 363 g/mol. The molecule has 2 heterocycles. The number of carbonyl (C=O) groups is 1. The van der Waals surface area contributed by atoms with Crippen LogP contribution in [0.3, 0.4) is 0 Å². The number of hydrogen-bond donors (Lipinski definition) is 1. The van der Waals surface area contributed by atoms with Crippen LogP contribution in [-0.2, 0) is 6.54 Å². The van der Waals surface area contributed by atoms with Crippen LogP contribution in [0.1, 0.15) is 42.8 Å². The number of rotatable bonds is 5. The Labute approximate surface area is 159 Å². The first kappa shape index (κ1) is 17.6. The first-order valence-electron chi connectivity index (χ1n) is 9.62. The van der Waals surface area contributed by atoms with E-state index in [1.807, 2.05) is 54.4 Å². The SMILES string of the molecule is Cc1ccc(CN(C(=O)Nc2ccc(C3=CCN=C3)cc2)C2CCCC2)o1. The molecule has 1 fully saturated rings. The molecular weight excluding hydrogens is 338 g/mol. The molecule has 0 spiro atoms. The Bertz CT molecular complexity index is 858. The number of furan rings is 1. The van der Waals surface area contributed by atoms with E-state index in [2.05, 4.69) is 16.4 Å². The van der Waals surface area contributed by atoms with Gasteiger partial charge in [-0.3, -0.25) is 4.99 Å². The van der Waals surface area contributed by atoms with E-state index in [4.69, 9.17) is 4.42 Å². The van der Waals surface area contributed by atoms with Gasteiger partial charge in [-0.25, -0.2) is 4.79 Å². The molecule has 0 unspecified atom stereocenters. The molecule has 5 heteroatoms. The molecule has 140 valence electrons. The molecule has 0 saturated heterocycles. The van der Waals surface area contributed by atoms with Gasteiger partial charge in [0.2, 0.25) is 0 Å². The van der Waals surface area contributed by atoms with Crippen LogP contribution in [0.25, 0.3) is 5.57 Å². The van der Waals surface area contributed by atoms with Gasteiger partial charge in [0.1, 0.15) is 11.5 Å². The highest BCUT2D eigenvalue weighted by atomic mass is 16.3. The summed E-state index contributed by atoms with van der Waals surface area (Å²) in [7, 11) is 0. The fourth-order valence-corrected chi connectivity index (χ4v) is 3.81. The van der Waals surface area contributed by atoms with Crippen LogP contribution < -0.4 is 5.32 Å². The summed E-state index contributed by atoms with van der Waals surface area (Å²) in [6.07, 6.45) is 8.45. The van der Waals surface area contributed by atoms with Crippen molar-refractivity contribution in [3.8, 4) is 0 Å². The Morgan fingerprint density at radius 2 is 1.96 bits per heavy atom. The zero-order valence-corrected chi connectivity index (χ0v) is 15.6. The highest BCUT2D eigenvalue weighted by molar-refractivity contribution is 6.11. The third kappa shape index (κ3) is 4.13. The van der Waals surface area contributed by atoms with Gasteiger partial charge in [-0.15, -0.1) is 0 Å². The number of urea groups is 1. The maximum atomic E-state index is 13.0. The van der Waals surface area contributed by atoms with Crippen molar-refractivity contribution in [3.63, 3.8) is 0 Å². The van der Waals surface area contributed by atoms with Crippen LogP contribution in [0.2, 0.25) is 0 Å². The average Bonchev–Trinajstić information content (AvgIpc) is 3.43. The van der Waals surface area contributed by atoms with E-state index in [0.717, 1.165) is 47.7 Å². The lowest BCUT2D eigenvalue weighted by Crippen LogP contribution is -2.41. The number of allylic oxidation sites excluding steroid dienone is 1. The molecule has 0 atom stereocenters. The first-order valence-corrected chi connectivity index (χ1v) is 9.62. The Morgan fingerprint density at radius 3 is 2.59 bits per heavy atom. The summed E-state index contributed by atoms with van der Waals surface area (Å²) in [6, 6.07) is 12.0. The number of nitrogens with one attached hydrogen (secondary N) is 1. The molecule has 1 aromatic carbocycles. The van der Waals surface area contributed by atoms with Crippen molar-refractivity contribution < 1.29 is 9.21 Å². The van der Waals surface area contributed by atoms with Crippen molar-refractivity contribution >= 4 is 23.5 Å². The van der Waals surface area contributed by atoms with Crippen LogP contribution in [0.15, 0.2) is 51.9 Å². The number of aliphatic imine (C=N–C) groups is 1. The van der Waals surface area contributed by atoms with Crippen LogP contribution in [0, 0.1) is 6.92 Å². The molecule has 5 nitrogen and oxygen atoms in total. The fourth-order valence-electron chi connectivity index (χ4n) is 3.81. The predicted molar refractivity (Wildman–Crippen MR) is 108 cm³/mol. The van der Waals surface area contributed by atoms with Crippen molar-refractivity contribution in [2.24, 2.45) is 4.99 Å². The number of anilines is 1. The predicted octanol–water partition coefficient (Wildman–Crippen LogP) is 5.03. The summed E-state index contributed by atoms with van der Waals surface area (Å²) in [5, 5.41) is 3.06. The largest absolute Gasteiger partial charge is 0.464 e. The molecule has 1 saturated carbocycles. The molecule has 2 aliphatic rings. The van der Waals surface area contributed by atoms with Crippen molar-refractivity contribution in [2.45, 2.75) is 45.2 Å². The summed E-state index contributed by atoms with van der Waals surface area (Å²) in [5.74, 6) is 1.70. The monoisotopic (exact) mass is 363 g/mol. The number of amides is 2. The molecule has 1 N–H and O–H groups in total. The lowest BCUT2D eigenvalue weighted by Gasteiger charge is -2.28. The summed E-state index contributed by atoms with van der Waals surface area (Å²) in [6.45, 7) is 3.18. The van der Waals surface area contributed by atoms with Crippen LogP contribution in [0.5, 0.6) is 0 Å². The zero-order chi connectivity index (χ0) is 18.6. The smallest absolute Gasteiger partial charge is 0.322 e. The number of benzene rings is 1. The normalized spacial score (nSPS) is 16.6. The van der Waals surface area contributed by atoms with Gasteiger partial charge in [-0.2, -0.15) is 0 Å². The molecule has 0 bridgehead atoms. The molecule has 27 heavy (non-hydrogen) atoms. The maximum absolute atomic E-state index is 13.0. The van der Waals surface area contributed by atoms with Gasteiger partial charge in [-0.05, 0) is 55.2 Å². The van der Waals surface area contributed by atoms with E-state index in [1.54, 1.807) is 0 Å². The standard InChI is InChI=1S/C22H25N3O2/c1-16-6-11-21(27-16)15-25(20-4-2-3-5-20)22(26)24-19-9-7-17(8-10-19)18-12-13-23-14-18/h6-12,14,20H,2-5,13,15H2,1H3,(H,24,26). The van der Waals surface area contributed by atoms with E-state index in [1.165, 1.54) is 12.8 Å². The van der Waals surface area contributed by atoms with Gasteiger partial charge in [-0.1, -0.05) is 31.1 Å². The first-order chi connectivity index (χ1) is 13.2. The minimum absolute atomic E-state index is 0.0645. The molecule has 4 rings (SSSR count). The van der Waals surface area contributed by atoms with Crippen molar-refractivity contribution in [1.82, 2.24) is 4.90 Å². The molecule has 1 aromatic heterocycles. The molecule has 0 radical (unpaired) electrons. The summed E-state index contributed by atoms with van der Waals surface area (Å²) >= 11 is 0. The number of carbonyl (C=O) groups excluding carboxylic acids is 1. The van der Waals surface area contributed by atoms with Crippen molar-refractivity contribution in [2.75, 3.05) is 11.9 Å². The highest BCUT2D eigenvalue weighted by Crippen LogP contribution is 2.26. The Kier molecular flexibility index (Phi) is 5.10. The second kappa shape index (κ2) is 7.82.